The minimum Gasteiger partial charge on any atom is -0.462 e. The molecule has 344 valence electrons. The molecule has 60 heavy (non-hydrogen) atoms. The SMILES string of the molecule is CC/C=C\C/C=C\C/C=C\C/C=C\CCCCCCCCC(=O)OCC(COCCCCCCCC/C=C\C/C=C\CCC)OC(=O)CCCCCCC/C=C\CCCC. The van der Waals surface area contributed by atoms with E-state index in [-0.39, 0.29) is 25.2 Å². The molecule has 0 N–H and O–H groups in total. The standard InChI is InChI=1S/C55H94O5/c1-4-7-10-13-16-19-22-24-26-27-28-29-30-31-34-36-39-42-45-48-54(56)59-52-53(60-55(57)49-46-43-40-37-33-21-18-15-12-9-6-3)51-58-50-47-44-41-38-35-32-25-23-20-17-14-11-8-5-2/h7,10-11,14-16,18-20,23-24,26,28-29,53H,4-6,8-9,12-13,17,21-22,25,27,30-52H2,1-3H3/b10-7-,14-11-,18-15-,19-16-,23-20-,26-24-,29-28-. The first kappa shape index (κ1) is 57.1. The summed E-state index contributed by atoms with van der Waals surface area (Å²) >= 11 is 0. The Bertz CT molecular complexity index is 1130. The summed E-state index contributed by atoms with van der Waals surface area (Å²) in [5.41, 5.74) is 0. The molecule has 5 nitrogen and oxygen atoms in total. The van der Waals surface area contributed by atoms with Gasteiger partial charge in [0.1, 0.15) is 6.61 Å². The normalized spacial score (nSPS) is 12.9. The van der Waals surface area contributed by atoms with Crippen molar-refractivity contribution < 1.29 is 23.8 Å². The second kappa shape index (κ2) is 50.4. The lowest BCUT2D eigenvalue weighted by Gasteiger charge is -2.18. The number of allylic oxidation sites excluding steroid dienone is 14. The number of unbranched alkanes of at least 4 members (excludes halogenated alkanes) is 20. The van der Waals surface area contributed by atoms with Gasteiger partial charge in [0.05, 0.1) is 6.61 Å². The molecule has 0 amide bonds. The number of carbonyl (C=O) groups is 2. The average molecular weight is 835 g/mol. The monoisotopic (exact) mass is 835 g/mol. The zero-order valence-electron chi connectivity index (χ0n) is 39.5. The van der Waals surface area contributed by atoms with Crippen molar-refractivity contribution >= 4 is 11.9 Å². The molecule has 0 bridgehead atoms. The highest BCUT2D eigenvalue weighted by atomic mass is 16.6. The second-order valence-corrected chi connectivity index (χ2v) is 16.3. The van der Waals surface area contributed by atoms with Gasteiger partial charge in [-0.3, -0.25) is 9.59 Å². The number of esters is 2. The Morgan fingerprint density at radius 1 is 0.383 bits per heavy atom. The van der Waals surface area contributed by atoms with E-state index in [1.807, 2.05) is 0 Å². The van der Waals surface area contributed by atoms with Crippen LogP contribution in [0.5, 0.6) is 0 Å². The molecule has 0 aromatic carbocycles. The van der Waals surface area contributed by atoms with Gasteiger partial charge in [-0.2, -0.15) is 0 Å². The molecule has 1 unspecified atom stereocenters. The zero-order chi connectivity index (χ0) is 43.5. The van der Waals surface area contributed by atoms with Gasteiger partial charge in [-0.25, -0.2) is 0 Å². The van der Waals surface area contributed by atoms with Crippen LogP contribution in [0.25, 0.3) is 0 Å². The van der Waals surface area contributed by atoms with Crippen molar-refractivity contribution in [3.05, 3.63) is 85.1 Å². The fourth-order valence-corrected chi connectivity index (χ4v) is 6.64. The van der Waals surface area contributed by atoms with E-state index in [0.29, 0.717) is 19.4 Å². The summed E-state index contributed by atoms with van der Waals surface area (Å²) in [7, 11) is 0. The molecule has 0 aliphatic rings. The second-order valence-electron chi connectivity index (χ2n) is 16.3. The van der Waals surface area contributed by atoms with Crippen molar-refractivity contribution in [2.24, 2.45) is 0 Å². The molecule has 0 aliphatic heterocycles. The highest BCUT2D eigenvalue weighted by Gasteiger charge is 2.17. The lowest BCUT2D eigenvalue weighted by Crippen LogP contribution is -2.30. The predicted molar refractivity (Wildman–Crippen MR) is 260 cm³/mol. The minimum atomic E-state index is -0.554. The minimum absolute atomic E-state index is 0.0666. The molecule has 0 spiro atoms. The summed E-state index contributed by atoms with van der Waals surface area (Å²) in [5.74, 6) is -0.432. The fraction of sp³-hybridized carbons (Fsp3) is 0.709. The van der Waals surface area contributed by atoms with Gasteiger partial charge in [-0.05, 0) is 103 Å². The number of ether oxygens (including phenoxy) is 3. The highest BCUT2D eigenvalue weighted by Crippen LogP contribution is 2.13. The molecule has 0 saturated heterocycles. The third-order valence-electron chi connectivity index (χ3n) is 10.4. The Balaban J connectivity index is 4.28. The average Bonchev–Trinajstić information content (AvgIpc) is 3.25. The van der Waals surface area contributed by atoms with Gasteiger partial charge in [-0.15, -0.1) is 0 Å². The van der Waals surface area contributed by atoms with E-state index in [1.165, 1.54) is 96.3 Å². The van der Waals surface area contributed by atoms with Crippen molar-refractivity contribution in [2.75, 3.05) is 19.8 Å². The maximum absolute atomic E-state index is 12.7. The van der Waals surface area contributed by atoms with Gasteiger partial charge in [0.25, 0.3) is 0 Å². The summed E-state index contributed by atoms with van der Waals surface area (Å²) in [6, 6.07) is 0. The molecule has 5 heteroatoms. The Hall–Kier alpha value is -2.92. The first-order valence-electron chi connectivity index (χ1n) is 25.1. The van der Waals surface area contributed by atoms with Crippen LogP contribution in [0.15, 0.2) is 85.1 Å². The number of hydrogen-bond donors (Lipinski definition) is 0. The van der Waals surface area contributed by atoms with Crippen LogP contribution in [0, 0.1) is 0 Å². The van der Waals surface area contributed by atoms with E-state index in [9.17, 15) is 9.59 Å². The largest absolute Gasteiger partial charge is 0.462 e. The van der Waals surface area contributed by atoms with Crippen molar-refractivity contribution in [1.29, 1.82) is 0 Å². The number of rotatable bonds is 45. The van der Waals surface area contributed by atoms with Crippen LogP contribution in [0.1, 0.15) is 226 Å². The van der Waals surface area contributed by atoms with E-state index < -0.39 is 6.10 Å². The third kappa shape index (κ3) is 47.8. The van der Waals surface area contributed by atoms with Crippen molar-refractivity contribution in [3.8, 4) is 0 Å². The number of hydrogen-bond acceptors (Lipinski definition) is 5. The van der Waals surface area contributed by atoms with Crippen LogP contribution >= 0.6 is 0 Å². The smallest absolute Gasteiger partial charge is 0.306 e. The molecule has 0 radical (unpaired) electrons. The van der Waals surface area contributed by atoms with Gasteiger partial charge < -0.3 is 14.2 Å². The third-order valence-corrected chi connectivity index (χ3v) is 10.4. The van der Waals surface area contributed by atoms with Crippen LogP contribution in [-0.2, 0) is 23.8 Å². The maximum atomic E-state index is 12.7. The summed E-state index contributed by atoms with van der Waals surface area (Å²) in [5, 5.41) is 0. The summed E-state index contributed by atoms with van der Waals surface area (Å²) < 4.78 is 17.3. The Kier molecular flexibility index (Phi) is 48.0. The fourth-order valence-electron chi connectivity index (χ4n) is 6.64. The van der Waals surface area contributed by atoms with Gasteiger partial charge >= 0.3 is 11.9 Å². The van der Waals surface area contributed by atoms with Crippen LogP contribution in [-0.4, -0.2) is 37.9 Å². The highest BCUT2D eigenvalue weighted by molar-refractivity contribution is 5.70. The molecular formula is C55H94O5. The topological polar surface area (TPSA) is 61.8 Å². The molecule has 0 saturated carbocycles. The Labute approximate surface area is 371 Å². The lowest BCUT2D eigenvalue weighted by molar-refractivity contribution is -0.163. The van der Waals surface area contributed by atoms with Crippen LogP contribution < -0.4 is 0 Å². The molecule has 0 aromatic heterocycles. The molecule has 1 atom stereocenters. The van der Waals surface area contributed by atoms with Crippen LogP contribution in [0.2, 0.25) is 0 Å². The van der Waals surface area contributed by atoms with E-state index in [2.05, 4.69) is 106 Å². The van der Waals surface area contributed by atoms with Crippen molar-refractivity contribution in [3.63, 3.8) is 0 Å². The van der Waals surface area contributed by atoms with Crippen LogP contribution in [0.3, 0.4) is 0 Å². The molecule has 0 heterocycles. The van der Waals surface area contributed by atoms with Gasteiger partial charge in [-0.1, -0.05) is 196 Å². The van der Waals surface area contributed by atoms with Gasteiger partial charge in [0, 0.05) is 19.4 Å². The Morgan fingerprint density at radius 3 is 1.28 bits per heavy atom. The maximum Gasteiger partial charge on any atom is 0.306 e. The lowest BCUT2D eigenvalue weighted by atomic mass is 10.1. The summed E-state index contributed by atoms with van der Waals surface area (Å²) in [4.78, 5) is 25.3. The Morgan fingerprint density at radius 2 is 0.783 bits per heavy atom. The van der Waals surface area contributed by atoms with Gasteiger partial charge in [0.2, 0.25) is 0 Å². The van der Waals surface area contributed by atoms with Crippen molar-refractivity contribution in [2.45, 2.75) is 232 Å². The van der Waals surface area contributed by atoms with Crippen molar-refractivity contribution in [1.82, 2.24) is 0 Å². The predicted octanol–water partition coefficient (Wildman–Crippen LogP) is 16.9. The van der Waals surface area contributed by atoms with E-state index in [0.717, 1.165) is 96.3 Å². The first-order chi connectivity index (χ1) is 29.6. The van der Waals surface area contributed by atoms with E-state index >= 15 is 0 Å². The summed E-state index contributed by atoms with van der Waals surface area (Å²) in [6.45, 7) is 7.57. The molecule has 0 aliphatic carbocycles. The molecule has 0 aromatic rings. The first-order valence-corrected chi connectivity index (χ1v) is 25.1. The molecule has 0 rings (SSSR count). The quantitative estimate of drug-likeness (QED) is 0.0347. The van der Waals surface area contributed by atoms with E-state index in [4.69, 9.17) is 14.2 Å². The summed E-state index contributed by atoms with van der Waals surface area (Å²) in [6.07, 6.45) is 65.8. The molecular weight excluding hydrogens is 741 g/mol. The zero-order valence-corrected chi connectivity index (χ0v) is 39.5. The van der Waals surface area contributed by atoms with E-state index in [1.54, 1.807) is 0 Å². The van der Waals surface area contributed by atoms with Crippen LogP contribution in [0.4, 0.5) is 0 Å². The molecule has 0 fully saturated rings. The number of carbonyl (C=O) groups excluding carboxylic acids is 2. The van der Waals surface area contributed by atoms with Gasteiger partial charge in [0.15, 0.2) is 6.10 Å².